The fourth-order valence-corrected chi connectivity index (χ4v) is 2.50. The summed E-state index contributed by atoms with van der Waals surface area (Å²) in [6, 6.07) is 4.08. The minimum absolute atomic E-state index is 0.528. The van der Waals surface area contributed by atoms with Gasteiger partial charge in [0.15, 0.2) is 0 Å². The predicted octanol–water partition coefficient (Wildman–Crippen LogP) is 1.66. The number of nitrogens with two attached hydrogens (primary N) is 2. The quantitative estimate of drug-likeness (QED) is 0.739. The third kappa shape index (κ3) is 1.67. The van der Waals surface area contributed by atoms with Crippen LogP contribution in [0.25, 0.3) is 0 Å². The molecule has 0 aliphatic heterocycles. The maximum Gasteiger partial charge on any atom is 0.142 e. The Hall–Kier alpha value is -1.22. The lowest BCUT2D eigenvalue weighted by Crippen LogP contribution is -2.07. The number of fused-ring (bicyclic) bond motifs is 1. The fourth-order valence-electron chi connectivity index (χ4n) is 2.50. The number of anilines is 1. The average molecular weight is 206 g/mol. The van der Waals surface area contributed by atoms with Gasteiger partial charge in [0.2, 0.25) is 0 Å². The summed E-state index contributed by atoms with van der Waals surface area (Å²) < 4.78 is 5.24. The molecule has 0 fully saturated rings. The van der Waals surface area contributed by atoms with E-state index in [1.807, 2.05) is 6.07 Å². The number of nitrogen functional groups attached to an aromatic ring is 1. The normalized spacial score (nSPS) is 18.9. The second kappa shape index (κ2) is 4.11. The van der Waals surface area contributed by atoms with E-state index in [0.29, 0.717) is 5.92 Å². The molecule has 1 atom stereocenters. The summed E-state index contributed by atoms with van der Waals surface area (Å²) in [7, 11) is 1.66. The van der Waals surface area contributed by atoms with Crippen molar-refractivity contribution >= 4 is 5.69 Å². The number of methoxy groups -OCH3 is 1. The zero-order valence-electron chi connectivity index (χ0n) is 9.12. The van der Waals surface area contributed by atoms with Gasteiger partial charge in [-0.25, -0.2) is 0 Å². The molecule has 3 heteroatoms. The van der Waals surface area contributed by atoms with Crippen LogP contribution in [0.5, 0.6) is 5.75 Å². The first-order chi connectivity index (χ1) is 7.27. The minimum atomic E-state index is 0.528. The molecule has 0 bridgehead atoms. The Labute approximate surface area is 90.4 Å². The van der Waals surface area contributed by atoms with Gasteiger partial charge in [-0.05, 0) is 48.9 Å². The molecule has 3 nitrogen and oxygen atoms in total. The van der Waals surface area contributed by atoms with Gasteiger partial charge in [0.25, 0.3) is 0 Å². The number of rotatable bonds is 3. The van der Waals surface area contributed by atoms with E-state index in [0.717, 1.165) is 30.8 Å². The molecule has 2 rings (SSSR count). The average Bonchev–Trinajstić information content (AvgIpc) is 2.64. The Balaban J connectivity index is 2.40. The van der Waals surface area contributed by atoms with Crippen LogP contribution in [-0.4, -0.2) is 13.7 Å². The molecular weight excluding hydrogens is 188 g/mol. The van der Waals surface area contributed by atoms with E-state index in [-0.39, 0.29) is 0 Å². The first kappa shape index (κ1) is 10.3. The molecule has 1 aromatic rings. The van der Waals surface area contributed by atoms with E-state index < -0.39 is 0 Å². The van der Waals surface area contributed by atoms with E-state index in [1.165, 1.54) is 17.5 Å². The van der Waals surface area contributed by atoms with E-state index in [9.17, 15) is 0 Å². The lowest BCUT2D eigenvalue weighted by molar-refractivity contribution is 0.416. The van der Waals surface area contributed by atoms with Gasteiger partial charge < -0.3 is 16.2 Å². The Kier molecular flexibility index (Phi) is 2.82. The summed E-state index contributed by atoms with van der Waals surface area (Å²) in [5, 5.41) is 0. The molecule has 82 valence electrons. The molecule has 0 spiro atoms. The maximum absolute atomic E-state index is 6.10. The van der Waals surface area contributed by atoms with Crippen LogP contribution < -0.4 is 16.2 Å². The van der Waals surface area contributed by atoms with Crippen LogP contribution in [0.4, 0.5) is 5.69 Å². The van der Waals surface area contributed by atoms with Crippen LogP contribution in [0.1, 0.15) is 29.9 Å². The monoisotopic (exact) mass is 206 g/mol. The van der Waals surface area contributed by atoms with Crippen LogP contribution >= 0.6 is 0 Å². The van der Waals surface area contributed by atoms with Crippen molar-refractivity contribution in [1.82, 2.24) is 0 Å². The highest BCUT2D eigenvalue weighted by Gasteiger charge is 2.25. The van der Waals surface area contributed by atoms with Crippen LogP contribution in [0.3, 0.4) is 0 Å². The minimum Gasteiger partial charge on any atom is -0.495 e. The third-order valence-electron chi connectivity index (χ3n) is 3.24. The second-order valence-electron chi connectivity index (χ2n) is 4.07. The molecule has 1 aliphatic carbocycles. The van der Waals surface area contributed by atoms with Gasteiger partial charge in [0, 0.05) is 0 Å². The van der Waals surface area contributed by atoms with Crippen molar-refractivity contribution in [3.8, 4) is 5.75 Å². The van der Waals surface area contributed by atoms with E-state index >= 15 is 0 Å². The molecule has 0 aromatic heterocycles. The Morgan fingerprint density at radius 1 is 1.47 bits per heavy atom. The molecule has 0 radical (unpaired) electrons. The molecular formula is C12H18N2O. The fraction of sp³-hybridized carbons (Fsp3) is 0.500. The Morgan fingerprint density at radius 2 is 2.27 bits per heavy atom. The van der Waals surface area contributed by atoms with E-state index in [1.54, 1.807) is 7.11 Å². The summed E-state index contributed by atoms with van der Waals surface area (Å²) in [5.74, 6) is 1.32. The summed E-state index contributed by atoms with van der Waals surface area (Å²) in [6.07, 6.45) is 3.31. The largest absolute Gasteiger partial charge is 0.495 e. The highest BCUT2D eigenvalue weighted by molar-refractivity contribution is 5.64. The highest BCUT2D eigenvalue weighted by atomic mass is 16.5. The van der Waals surface area contributed by atoms with Gasteiger partial charge in [-0.1, -0.05) is 6.07 Å². The van der Waals surface area contributed by atoms with Crippen molar-refractivity contribution < 1.29 is 4.74 Å². The molecule has 1 aromatic carbocycles. The molecule has 15 heavy (non-hydrogen) atoms. The predicted molar refractivity (Wildman–Crippen MR) is 62.1 cm³/mol. The van der Waals surface area contributed by atoms with Gasteiger partial charge in [0.05, 0.1) is 12.8 Å². The first-order valence-corrected chi connectivity index (χ1v) is 5.43. The molecule has 0 heterocycles. The van der Waals surface area contributed by atoms with Gasteiger partial charge in [-0.2, -0.15) is 0 Å². The van der Waals surface area contributed by atoms with Gasteiger partial charge >= 0.3 is 0 Å². The standard InChI is InChI=1S/C12H18N2O/c1-15-10-5-4-8-2-3-9(6-7-13)11(8)12(10)14/h4-5,9H,2-3,6-7,13-14H2,1H3. The van der Waals surface area contributed by atoms with Crippen molar-refractivity contribution in [2.75, 3.05) is 19.4 Å². The van der Waals surface area contributed by atoms with Crippen molar-refractivity contribution in [3.63, 3.8) is 0 Å². The highest BCUT2D eigenvalue weighted by Crippen LogP contribution is 2.42. The second-order valence-corrected chi connectivity index (χ2v) is 4.07. The lowest BCUT2D eigenvalue weighted by atomic mass is 9.96. The maximum atomic E-state index is 6.10. The van der Waals surface area contributed by atoms with Crippen molar-refractivity contribution in [2.45, 2.75) is 25.2 Å². The van der Waals surface area contributed by atoms with E-state index in [2.05, 4.69) is 6.07 Å². The van der Waals surface area contributed by atoms with Crippen LogP contribution in [0, 0.1) is 0 Å². The SMILES string of the molecule is COc1ccc2c(c1N)C(CCN)CC2. The van der Waals surface area contributed by atoms with Gasteiger partial charge in [-0.15, -0.1) is 0 Å². The van der Waals surface area contributed by atoms with Crippen LogP contribution in [0.2, 0.25) is 0 Å². The topological polar surface area (TPSA) is 61.3 Å². The van der Waals surface area contributed by atoms with Crippen molar-refractivity contribution in [1.29, 1.82) is 0 Å². The van der Waals surface area contributed by atoms with Crippen molar-refractivity contribution in [2.24, 2.45) is 5.73 Å². The zero-order valence-corrected chi connectivity index (χ0v) is 9.12. The number of hydrogen-bond acceptors (Lipinski definition) is 3. The number of ether oxygens (including phenoxy) is 1. The molecule has 1 unspecified atom stereocenters. The number of hydrogen-bond donors (Lipinski definition) is 2. The summed E-state index contributed by atoms with van der Waals surface area (Å²) in [6.45, 7) is 0.723. The molecule has 4 N–H and O–H groups in total. The Morgan fingerprint density at radius 3 is 2.93 bits per heavy atom. The molecule has 1 aliphatic rings. The molecule has 0 saturated heterocycles. The van der Waals surface area contributed by atoms with E-state index in [4.69, 9.17) is 16.2 Å². The number of benzene rings is 1. The number of aryl methyl sites for hydroxylation is 1. The molecule has 0 amide bonds. The summed E-state index contributed by atoms with van der Waals surface area (Å²) in [4.78, 5) is 0. The molecule has 0 saturated carbocycles. The smallest absolute Gasteiger partial charge is 0.142 e. The van der Waals surface area contributed by atoms with Crippen LogP contribution in [-0.2, 0) is 6.42 Å². The first-order valence-electron chi connectivity index (χ1n) is 5.43. The Bertz CT molecular complexity index is 361. The summed E-state index contributed by atoms with van der Waals surface area (Å²) >= 11 is 0. The van der Waals surface area contributed by atoms with Crippen LogP contribution in [0.15, 0.2) is 12.1 Å². The van der Waals surface area contributed by atoms with Gasteiger partial charge in [-0.3, -0.25) is 0 Å². The summed E-state index contributed by atoms with van der Waals surface area (Å²) in [5.41, 5.74) is 15.2. The third-order valence-corrected chi connectivity index (χ3v) is 3.24. The van der Waals surface area contributed by atoms with Crippen molar-refractivity contribution in [3.05, 3.63) is 23.3 Å². The zero-order chi connectivity index (χ0) is 10.8. The van der Waals surface area contributed by atoms with Gasteiger partial charge in [0.1, 0.15) is 5.75 Å². The lowest BCUT2D eigenvalue weighted by Gasteiger charge is -2.15.